The molecule has 0 saturated carbocycles. The SMILES string of the molecule is CC1(C)OB(c2ccc(Cc3nc4ccc(C(=O)O)nc4n3CC3CCO3)cc2F)OC1(C)C. The Labute approximate surface area is 197 Å². The molecule has 3 aromatic rings. The Morgan fingerprint density at radius 1 is 1.18 bits per heavy atom. The average Bonchev–Trinajstić information content (AvgIpc) is 3.16. The zero-order valence-electron chi connectivity index (χ0n) is 19.7. The van der Waals surface area contributed by atoms with Crippen molar-refractivity contribution < 1.29 is 28.3 Å². The highest BCUT2D eigenvalue weighted by atomic mass is 19.1. The summed E-state index contributed by atoms with van der Waals surface area (Å²) in [5, 5.41) is 9.35. The van der Waals surface area contributed by atoms with E-state index in [1.807, 2.05) is 38.3 Å². The quantitative estimate of drug-likeness (QED) is 0.557. The van der Waals surface area contributed by atoms with Gasteiger partial charge in [0.2, 0.25) is 0 Å². The number of aromatic nitrogens is 3. The van der Waals surface area contributed by atoms with Gasteiger partial charge in [0.1, 0.15) is 17.2 Å². The maximum atomic E-state index is 15.1. The lowest BCUT2D eigenvalue weighted by molar-refractivity contribution is -0.0590. The summed E-state index contributed by atoms with van der Waals surface area (Å²) in [4.78, 5) is 20.4. The molecule has 0 aliphatic carbocycles. The van der Waals surface area contributed by atoms with E-state index in [1.165, 1.54) is 12.1 Å². The number of halogens is 1. The van der Waals surface area contributed by atoms with Gasteiger partial charge >= 0.3 is 13.1 Å². The molecule has 0 radical (unpaired) electrons. The topological polar surface area (TPSA) is 95.7 Å². The van der Waals surface area contributed by atoms with E-state index in [1.54, 1.807) is 12.1 Å². The Morgan fingerprint density at radius 2 is 1.88 bits per heavy atom. The third kappa shape index (κ3) is 3.99. The van der Waals surface area contributed by atoms with Crippen molar-refractivity contribution in [2.24, 2.45) is 0 Å². The Hall–Kier alpha value is -2.82. The van der Waals surface area contributed by atoms with E-state index in [4.69, 9.17) is 14.0 Å². The number of benzene rings is 1. The molecule has 2 saturated heterocycles. The monoisotopic (exact) mass is 467 g/mol. The predicted molar refractivity (Wildman–Crippen MR) is 124 cm³/mol. The first kappa shape index (κ1) is 23.0. The number of nitrogens with zero attached hydrogens (tertiary/aromatic N) is 3. The molecule has 1 N–H and O–H groups in total. The Kier molecular flexibility index (Phi) is 5.50. The van der Waals surface area contributed by atoms with Crippen LogP contribution in [0.1, 0.15) is 56.0 Å². The highest BCUT2D eigenvalue weighted by Gasteiger charge is 2.52. The number of aromatic carboxylic acids is 1. The molecule has 0 spiro atoms. The molecule has 178 valence electrons. The van der Waals surface area contributed by atoms with E-state index in [2.05, 4.69) is 9.97 Å². The highest BCUT2D eigenvalue weighted by Crippen LogP contribution is 2.36. The molecule has 0 amide bonds. The van der Waals surface area contributed by atoms with Crippen LogP contribution in [0.5, 0.6) is 0 Å². The molecular weight excluding hydrogens is 440 g/mol. The van der Waals surface area contributed by atoms with Gasteiger partial charge in [-0.05, 0) is 57.9 Å². The van der Waals surface area contributed by atoms with Crippen LogP contribution in [0, 0.1) is 5.82 Å². The molecule has 4 heterocycles. The number of fused-ring (bicyclic) bond motifs is 1. The van der Waals surface area contributed by atoms with Crippen LogP contribution in [0.4, 0.5) is 4.39 Å². The molecule has 8 nitrogen and oxygen atoms in total. The number of pyridine rings is 1. The van der Waals surface area contributed by atoms with Crippen molar-refractivity contribution in [3.63, 3.8) is 0 Å². The predicted octanol–water partition coefficient (Wildman–Crippen LogP) is 2.95. The number of ether oxygens (including phenoxy) is 1. The van der Waals surface area contributed by atoms with Gasteiger partial charge in [-0.25, -0.2) is 19.2 Å². The van der Waals surface area contributed by atoms with Crippen LogP contribution in [-0.2, 0) is 27.0 Å². The van der Waals surface area contributed by atoms with Crippen molar-refractivity contribution in [2.75, 3.05) is 6.61 Å². The molecule has 2 aliphatic heterocycles. The first-order chi connectivity index (χ1) is 16.0. The second kappa shape index (κ2) is 8.14. The van der Waals surface area contributed by atoms with Crippen molar-refractivity contribution >= 4 is 29.7 Å². The first-order valence-electron chi connectivity index (χ1n) is 11.4. The maximum Gasteiger partial charge on any atom is 0.497 e. The average molecular weight is 467 g/mol. The molecule has 1 atom stereocenters. The van der Waals surface area contributed by atoms with Gasteiger partial charge in [0, 0.05) is 18.5 Å². The van der Waals surface area contributed by atoms with Crippen LogP contribution in [-0.4, -0.2) is 56.6 Å². The lowest BCUT2D eigenvalue weighted by Crippen LogP contribution is -2.41. The van der Waals surface area contributed by atoms with Crippen molar-refractivity contribution in [3.05, 3.63) is 53.2 Å². The fourth-order valence-electron chi connectivity index (χ4n) is 4.15. The van der Waals surface area contributed by atoms with Gasteiger partial charge in [0.15, 0.2) is 11.3 Å². The molecule has 5 rings (SSSR count). The van der Waals surface area contributed by atoms with Crippen LogP contribution < -0.4 is 5.46 Å². The number of carboxylic acids is 1. The van der Waals surface area contributed by atoms with Crippen LogP contribution in [0.3, 0.4) is 0 Å². The molecular formula is C24H27BFN3O5. The summed E-state index contributed by atoms with van der Waals surface area (Å²) in [6, 6.07) is 8.08. The Bertz CT molecular complexity index is 1250. The second-order valence-corrected chi connectivity index (χ2v) is 9.89. The van der Waals surface area contributed by atoms with Gasteiger partial charge < -0.3 is 23.7 Å². The van der Waals surface area contributed by atoms with Crippen LogP contribution in [0.15, 0.2) is 30.3 Å². The minimum Gasteiger partial charge on any atom is -0.477 e. The van der Waals surface area contributed by atoms with Crippen molar-refractivity contribution in [2.45, 2.75) is 64.4 Å². The first-order valence-corrected chi connectivity index (χ1v) is 11.4. The number of carbonyl (C=O) groups is 1. The number of imidazole rings is 1. The van der Waals surface area contributed by atoms with Gasteiger partial charge in [-0.1, -0.05) is 12.1 Å². The molecule has 2 aromatic heterocycles. The van der Waals surface area contributed by atoms with Crippen molar-refractivity contribution in [1.82, 2.24) is 14.5 Å². The molecule has 1 unspecified atom stereocenters. The second-order valence-electron chi connectivity index (χ2n) is 9.89. The summed E-state index contributed by atoms with van der Waals surface area (Å²) in [5.41, 5.74) is 0.993. The largest absolute Gasteiger partial charge is 0.497 e. The lowest BCUT2D eigenvalue weighted by atomic mass is 9.78. The molecule has 1 aromatic carbocycles. The normalized spacial score (nSPS) is 21.1. The number of hydrogen-bond acceptors (Lipinski definition) is 6. The smallest absolute Gasteiger partial charge is 0.477 e. The van der Waals surface area contributed by atoms with E-state index < -0.39 is 30.1 Å². The summed E-state index contributed by atoms with van der Waals surface area (Å²) in [6.07, 6.45) is 1.29. The molecule has 0 bridgehead atoms. The number of hydrogen-bond donors (Lipinski definition) is 1. The minimum absolute atomic E-state index is 0.0221. The fraction of sp³-hybridized carbons (Fsp3) is 0.458. The van der Waals surface area contributed by atoms with E-state index in [0.29, 0.717) is 42.0 Å². The van der Waals surface area contributed by atoms with E-state index in [9.17, 15) is 9.90 Å². The maximum absolute atomic E-state index is 15.1. The molecule has 2 fully saturated rings. The van der Waals surface area contributed by atoms with Crippen molar-refractivity contribution in [1.29, 1.82) is 0 Å². The van der Waals surface area contributed by atoms with Crippen LogP contribution in [0.2, 0.25) is 0 Å². The van der Waals surface area contributed by atoms with Crippen LogP contribution in [0.25, 0.3) is 11.2 Å². The number of rotatable bonds is 6. The summed E-state index contributed by atoms with van der Waals surface area (Å²) in [7, 11) is -0.780. The number of carboxylic acid groups (broad SMARTS) is 1. The molecule has 2 aliphatic rings. The van der Waals surface area contributed by atoms with E-state index >= 15 is 4.39 Å². The Morgan fingerprint density at radius 3 is 2.47 bits per heavy atom. The summed E-state index contributed by atoms with van der Waals surface area (Å²) in [5.74, 6) is -0.841. The van der Waals surface area contributed by atoms with Gasteiger partial charge in [0.05, 0.1) is 23.9 Å². The zero-order valence-corrected chi connectivity index (χ0v) is 19.7. The lowest BCUT2D eigenvalue weighted by Gasteiger charge is -2.32. The fourth-order valence-corrected chi connectivity index (χ4v) is 4.15. The van der Waals surface area contributed by atoms with E-state index in [-0.39, 0.29) is 11.8 Å². The van der Waals surface area contributed by atoms with Gasteiger partial charge in [-0.3, -0.25) is 0 Å². The Balaban J connectivity index is 1.45. The minimum atomic E-state index is -1.10. The third-order valence-corrected chi connectivity index (χ3v) is 7.00. The highest BCUT2D eigenvalue weighted by molar-refractivity contribution is 6.62. The zero-order chi connectivity index (χ0) is 24.3. The summed E-state index contributed by atoms with van der Waals surface area (Å²) >= 11 is 0. The van der Waals surface area contributed by atoms with Crippen molar-refractivity contribution in [3.8, 4) is 0 Å². The van der Waals surface area contributed by atoms with Gasteiger partial charge in [-0.2, -0.15) is 0 Å². The van der Waals surface area contributed by atoms with E-state index in [0.717, 1.165) is 12.0 Å². The molecule has 10 heteroatoms. The van der Waals surface area contributed by atoms with Gasteiger partial charge in [-0.15, -0.1) is 0 Å². The standard InChI is InChI=1S/C24H27BFN3O5/c1-23(2)24(3,4)34-25(33-23)16-6-5-14(11-17(16)26)12-20-27-18-7-8-19(22(30)31)28-21(18)29(20)13-15-9-10-32-15/h5-8,11,15H,9-10,12-13H2,1-4H3,(H,30,31). The van der Waals surface area contributed by atoms with Crippen LogP contribution >= 0.6 is 0 Å². The summed E-state index contributed by atoms with van der Waals surface area (Å²) in [6.45, 7) is 8.93. The van der Waals surface area contributed by atoms with Gasteiger partial charge in [0.25, 0.3) is 0 Å². The third-order valence-electron chi connectivity index (χ3n) is 7.00. The molecule has 34 heavy (non-hydrogen) atoms. The summed E-state index contributed by atoms with van der Waals surface area (Å²) < 4.78 is 34.6.